The average molecular weight is 478 g/mol. The molecule has 0 saturated heterocycles. The molecule has 0 spiro atoms. The second kappa shape index (κ2) is 15.8. The van der Waals surface area contributed by atoms with Gasteiger partial charge in [-0.3, -0.25) is 9.78 Å². The SMILES string of the molecule is CCCCCCCC[C@H]1CC[C@H](C(=O)Oc2ccc(-c3ccc(CCCCCC)cn3)cc2)CC1. The highest BCUT2D eigenvalue weighted by molar-refractivity contribution is 5.75. The lowest BCUT2D eigenvalue weighted by Gasteiger charge is -2.27. The second-order valence-corrected chi connectivity index (χ2v) is 10.6. The van der Waals surface area contributed by atoms with E-state index < -0.39 is 0 Å². The van der Waals surface area contributed by atoms with Gasteiger partial charge >= 0.3 is 5.97 Å². The first kappa shape index (κ1) is 27.4. The van der Waals surface area contributed by atoms with Gasteiger partial charge in [0, 0.05) is 11.8 Å². The van der Waals surface area contributed by atoms with Gasteiger partial charge in [0.15, 0.2) is 0 Å². The molecule has 0 aliphatic heterocycles. The van der Waals surface area contributed by atoms with Crippen LogP contribution in [0.2, 0.25) is 0 Å². The van der Waals surface area contributed by atoms with Crippen LogP contribution >= 0.6 is 0 Å². The second-order valence-electron chi connectivity index (χ2n) is 10.6. The molecule has 3 nitrogen and oxygen atoms in total. The van der Waals surface area contributed by atoms with Gasteiger partial charge in [0.25, 0.3) is 0 Å². The summed E-state index contributed by atoms with van der Waals surface area (Å²) in [5, 5.41) is 0. The van der Waals surface area contributed by atoms with Gasteiger partial charge in [-0.05, 0) is 80.3 Å². The van der Waals surface area contributed by atoms with E-state index in [2.05, 4.69) is 31.0 Å². The topological polar surface area (TPSA) is 39.2 Å². The number of hydrogen-bond acceptors (Lipinski definition) is 3. The molecule has 35 heavy (non-hydrogen) atoms. The first-order chi connectivity index (χ1) is 17.2. The Bertz CT molecular complexity index is 835. The molecule has 2 aromatic rings. The van der Waals surface area contributed by atoms with Crippen LogP contribution in [-0.4, -0.2) is 11.0 Å². The lowest BCUT2D eigenvalue weighted by Crippen LogP contribution is -2.25. The maximum absolute atomic E-state index is 12.7. The minimum absolute atomic E-state index is 0.0543. The standard InChI is InChI=1S/C32H47NO2/c1-3-5-7-9-10-12-13-26-15-18-29(19-16-26)32(34)35-30-22-20-28(21-23-30)31-24-17-27(25-33-31)14-11-8-6-4-2/h17,20-26,29H,3-16,18-19H2,1-2H3/t26-,29-. The number of carbonyl (C=O) groups excluding carboxylic acids is 1. The summed E-state index contributed by atoms with van der Waals surface area (Å²) in [7, 11) is 0. The van der Waals surface area contributed by atoms with E-state index in [1.165, 1.54) is 89.0 Å². The van der Waals surface area contributed by atoms with Crippen molar-refractivity contribution in [2.75, 3.05) is 0 Å². The molecule has 1 saturated carbocycles. The molecule has 0 amide bonds. The van der Waals surface area contributed by atoms with Crippen LogP contribution in [0.3, 0.4) is 0 Å². The number of carbonyl (C=O) groups is 1. The van der Waals surface area contributed by atoms with Crippen molar-refractivity contribution in [3.8, 4) is 17.0 Å². The fourth-order valence-corrected chi connectivity index (χ4v) is 5.29. The molecule has 0 unspecified atom stereocenters. The van der Waals surface area contributed by atoms with Crippen LogP contribution in [0.4, 0.5) is 0 Å². The van der Waals surface area contributed by atoms with E-state index in [9.17, 15) is 4.79 Å². The Labute approximate surface area is 214 Å². The molecule has 1 aromatic heterocycles. The zero-order chi connectivity index (χ0) is 24.7. The van der Waals surface area contributed by atoms with Gasteiger partial charge in [-0.25, -0.2) is 0 Å². The van der Waals surface area contributed by atoms with Crippen LogP contribution in [-0.2, 0) is 11.2 Å². The molecular weight excluding hydrogens is 430 g/mol. The van der Waals surface area contributed by atoms with Crippen molar-refractivity contribution >= 4 is 5.97 Å². The Balaban J connectivity index is 1.38. The van der Waals surface area contributed by atoms with E-state index in [1.807, 2.05) is 30.5 Å². The minimum atomic E-state index is -0.0543. The maximum Gasteiger partial charge on any atom is 0.314 e. The molecule has 1 aliphatic carbocycles. The number of rotatable bonds is 15. The van der Waals surface area contributed by atoms with Crippen LogP contribution in [0.15, 0.2) is 42.6 Å². The van der Waals surface area contributed by atoms with Crippen molar-refractivity contribution in [2.45, 2.75) is 117 Å². The third-order valence-electron chi connectivity index (χ3n) is 7.66. The molecule has 0 bridgehead atoms. The van der Waals surface area contributed by atoms with Crippen molar-refractivity contribution in [3.05, 3.63) is 48.2 Å². The number of pyridine rings is 1. The molecule has 1 aromatic carbocycles. The largest absolute Gasteiger partial charge is 0.426 e. The number of hydrogen-bond donors (Lipinski definition) is 0. The summed E-state index contributed by atoms with van der Waals surface area (Å²) in [6.45, 7) is 4.51. The van der Waals surface area contributed by atoms with Gasteiger partial charge in [0.2, 0.25) is 0 Å². The van der Waals surface area contributed by atoms with E-state index in [0.29, 0.717) is 5.75 Å². The molecule has 3 heteroatoms. The zero-order valence-corrected chi connectivity index (χ0v) is 22.3. The number of unbranched alkanes of at least 4 members (excludes halogenated alkanes) is 8. The first-order valence-corrected chi connectivity index (χ1v) is 14.5. The highest BCUT2D eigenvalue weighted by Gasteiger charge is 2.27. The third-order valence-corrected chi connectivity index (χ3v) is 7.66. The lowest BCUT2D eigenvalue weighted by atomic mass is 9.80. The molecule has 1 heterocycles. The van der Waals surface area contributed by atoms with E-state index >= 15 is 0 Å². The van der Waals surface area contributed by atoms with Gasteiger partial charge < -0.3 is 4.74 Å². The molecule has 1 fully saturated rings. The average Bonchev–Trinajstić information content (AvgIpc) is 2.90. The smallest absolute Gasteiger partial charge is 0.314 e. The molecule has 1 aliphatic rings. The quantitative estimate of drug-likeness (QED) is 0.146. The summed E-state index contributed by atoms with van der Waals surface area (Å²) in [5.74, 6) is 1.45. The van der Waals surface area contributed by atoms with Gasteiger partial charge in [-0.2, -0.15) is 0 Å². The summed E-state index contributed by atoms with van der Waals surface area (Å²) < 4.78 is 5.74. The monoisotopic (exact) mass is 477 g/mol. The third kappa shape index (κ3) is 9.78. The van der Waals surface area contributed by atoms with Crippen molar-refractivity contribution in [1.82, 2.24) is 4.98 Å². The number of benzene rings is 1. The number of ether oxygens (including phenoxy) is 1. The molecule has 3 rings (SSSR count). The summed E-state index contributed by atoms with van der Waals surface area (Å²) in [4.78, 5) is 17.4. The van der Waals surface area contributed by atoms with Crippen LogP contribution in [0.25, 0.3) is 11.3 Å². The van der Waals surface area contributed by atoms with Gasteiger partial charge in [0.1, 0.15) is 5.75 Å². The van der Waals surface area contributed by atoms with E-state index in [1.54, 1.807) is 0 Å². The summed E-state index contributed by atoms with van der Waals surface area (Å²) >= 11 is 0. The van der Waals surface area contributed by atoms with Crippen LogP contribution in [0.5, 0.6) is 5.75 Å². The Kier molecular flexibility index (Phi) is 12.3. The Hall–Kier alpha value is -2.16. The van der Waals surface area contributed by atoms with Crippen molar-refractivity contribution in [2.24, 2.45) is 11.8 Å². The van der Waals surface area contributed by atoms with E-state index in [0.717, 1.165) is 36.4 Å². The highest BCUT2D eigenvalue weighted by Crippen LogP contribution is 2.33. The van der Waals surface area contributed by atoms with Crippen molar-refractivity contribution in [3.63, 3.8) is 0 Å². The number of aromatic nitrogens is 1. The zero-order valence-electron chi connectivity index (χ0n) is 22.3. The minimum Gasteiger partial charge on any atom is -0.426 e. The number of aryl methyl sites for hydroxylation is 1. The van der Waals surface area contributed by atoms with Gasteiger partial charge in [0.05, 0.1) is 11.6 Å². The number of esters is 1. The fourth-order valence-electron chi connectivity index (χ4n) is 5.29. The van der Waals surface area contributed by atoms with Crippen LogP contribution in [0, 0.1) is 11.8 Å². The first-order valence-electron chi connectivity index (χ1n) is 14.5. The van der Waals surface area contributed by atoms with Crippen LogP contribution < -0.4 is 4.74 Å². The Morgan fingerprint density at radius 2 is 1.46 bits per heavy atom. The van der Waals surface area contributed by atoms with Crippen molar-refractivity contribution in [1.29, 1.82) is 0 Å². The maximum atomic E-state index is 12.7. The summed E-state index contributed by atoms with van der Waals surface area (Å²) in [6, 6.07) is 12.1. The van der Waals surface area contributed by atoms with E-state index in [4.69, 9.17) is 4.74 Å². The van der Waals surface area contributed by atoms with Crippen LogP contribution in [0.1, 0.15) is 116 Å². The van der Waals surface area contributed by atoms with E-state index in [-0.39, 0.29) is 11.9 Å². The van der Waals surface area contributed by atoms with Crippen molar-refractivity contribution < 1.29 is 9.53 Å². The molecule has 0 radical (unpaired) electrons. The molecular formula is C32H47NO2. The summed E-state index contributed by atoms with van der Waals surface area (Å²) in [6.07, 6.45) is 22.0. The highest BCUT2D eigenvalue weighted by atomic mass is 16.5. The fraction of sp³-hybridized carbons (Fsp3) is 0.625. The number of nitrogens with zero attached hydrogens (tertiary/aromatic N) is 1. The summed E-state index contributed by atoms with van der Waals surface area (Å²) in [5.41, 5.74) is 3.32. The van der Waals surface area contributed by atoms with Gasteiger partial charge in [-0.15, -0.1) is 0 Å². The predicted octanol–water partition coefficient (Wildman–Crippen LogP) is 9.33. The van der Waals surface area contributed by atoms with Gasteiger partial charge in [-0.1, -0.05) is 84.1 Å². The normalized spacial score (nSPS) is 17.9. The lowest BCUT2D eigenvalue weighted by molar-refractivity contribution is -0.140. The Morgan fingerprint density at radius 3 is 2.11 bits per heavy atom. The predicted molar refractivity (Wildman–Crippen MR) is 147 cm³/mol. The Morgan fingerprint density at radius 1 is 0.800 bits per heavy atom. The molecule has 0 N–H and O–H groups in total. The molecule has 192 valence electrons. The molecule has 0 atom stereocenters.